The number of nitrogens with zero attached hydrogens (tertiary/aromatic N) is 1. The Hall–Kier alpha value is -2.32. The van der Waals surface area contributed by atoms with Crippen molar-refractivity contribution in [3.05, 3.63) is 51.2 Å². The molecule has 96 valence electrons. The van der Waals surface area contributed by atoms with E-state index in [9.17, 15) is 4.79 Å². The minimum atomic E-state index is -0.420. The number of carbonyl (C=O) groups excluding carboxylic acids is 1. The van der Waals surface area contributed by atoms with Gasteiger partial charge in [0.25, 0.3) is 0 Å². The highest BCUT2D eigenvalue weighted by Crippen LogP contribution is 2.21. The maximum Gasteiger partial charge on any atom is 0.350 e. The second kappa shape index (κ2) is 5.55. The van der Waals surface area contributed by atoms with Crippen LogP contribution in [0.2, 0.25) is 0 Å². The third-order valence-corrected chi connectivity index (χ3v) is 3.62. The lowest BCUT2D eigenvalue weighted by molar-refractivity contribution is 0.0479. The number of nitrogens with two attached hydrogens (primary N) is 1. The normalized spacial score (nSPS) is 9.89. The Morgan fingerprint density at radius 3 is 2.84 bits per heavy atom. The lowest BCUT2D eigenvalue weighted by atomic mass is 10.1. The molecular weight excluding hydrogens is 260 g/mol. The molecular formula is C14H12N2O2S. The van der Waals surface area contributed by atoms with Crippen LogP contribution in [0.3, 0.4) is 0 Å². The summed E-state index contributed by atoms with van der Waals surface area (Å²) in [4.78, 5) is 12.2. The van der Waals surface area contributed by atoms with Crippen molar-refractivity contribution in [3.8, 4) is 6.07 Å². The topological polar surface area (TPSA) is 76.1 Å². The minimum absolute atomic E-state index is 0.174. The van der Waals surface area contributed by atoms with E-state index in [4.69, 9.17) is 15.7 Å². The molecule has 1 aromatic carbocycles. The standard InChI is InChI=1S/C14H12N2O2S/c1-9-6-10(7-15)2-3-11(9)8-18-14(17)13-12(16)4-5-19-13/h2-6H,8,16H2,1H3. The first-order chi connectivity index (χ1) is 9.11. The number of benzene rings is 1. The van der Waals surface area contributed by atoms with Gasteiger partial charge in [0.05, 0.1) is 17.3 Å². The summed E-state index contributed by atoms with van der Waals surface area (Å²) in [6, 6.07) is 9.00. The van der Waals surface area contributed by atoms with Crippen LogP contribution in [-0.4, -0.2) is 5.97 Å². The highest BCUT2D eigenvalue weighted by atomic mass is 32.1. The lowest BCUT2D eigenvalue weighted by Gasteiger charge is -2.07. The smallest absolute Gasteiger partial charge is 0.350 e. The summed E-state index contributed by atoms with van der Waals surface area (Å²) in [5.74, 6) is -0.420. The molecule has 0 unspecified atom stereocenters. The Morgan fingerprint density at radius 2 is 2.26 bits per heavy atom. The molecule has 0 atom stereocenters. The van der Waals surface area contributed by atoms with Crippen LogP contribution < -0.4 is 5.73 Å². The average molecular weight is 272 g/mol. The van der Waals surface area contributed by atoms with E-state index in [-0.39, 0.29) is 6.61 Å². The first kappa shape index (κ1) is 13.1. The van der Waals surface area contributed by atoms with Crippen LogP contribution in [0.4, 0.5) is 5.69 Å². The molecule has 0 amide bonds. The Balaban J connectivity index is 2.06. The lowest BCUT2D eigenvalue weighted by Crippen LogP contribution is -2.06. The van der Waals surface area contributed by atoms with Crippen LogP contribution in [0.25, 0.3) is 0 Å². The van der Waals surface area contributed by atoms with Crippen molar-refractivity contribution >= 4 is 23.0 Å². The summed E-state index contributed by atoms with van der Waals surface area (Å²) < 4.78 is 5.22. The zero-order valence-electron chi connectivity index (χ0n) is 10.3. The molecule has 5 heteroatoms. The van der Waals surface area contributed by atoms with E-state index in [1.54, 1.807) is 29.6 Å². The second-order valence-corrected chi connectivity index (χ2v) is 4.95. The van der Waals surface area contributed by atoms with Gasteiger partial charge in [-0.1, -0.05) is 6.07 Å². The van der Waals surface area contributed by atoms with Crippen molar-refractivity contribution in [1.29, 1.82) is 5.26 Å². The number of carbonyl (C=O) groups is 1. The summed E-state index contributed by atoms with van der Waals surface area (Å²) in [6.45, 7) is 2.05. The number of thiophene rings is 1. The maximum atomic E-state index is 11.8. The summed E-state index contributed by atoms with van der Waals surface area (Å²) in [5, 5.41) is 10.5. The quantitative estimate of drug-likeness (QED) is 0.872. The first-order valence-corrected chi connectivity index (χ1v) is 6.49. The Bertz CT molecular complexity index is 656. The van der Waals surface area contributed by atoms with Gasteiger partial charge < -0.3 is 10.5 Å². The molecule has 1 heterocycles. The van der Waals surface area contributed by atoms with Crippen LogP contribution in [0.1, 0.15) is 26.4 Å². The molecule has 1 aromatic heterocycles. The molecule has 0 fully saturated rings. The predicted molar refractivity (Wildman–Crippen MR) is 73.7 cm³/mol. The molecule has 0 aliphatic carbocycles. The average Bonchev–Trinajstić information content (AvgIpc) is 2.83. The summed E-state index contributed by atoms with van der Waals surface area (Å²) >= 11 is 1.26. The fourth-order valence-electron chi connectivity index (χ4n) is 1.62. The molecule has 0 radical (unpaired) electrons. The van der Waals surface area contributed by atoms with Crippen molar-refractivity contribution in [2.45, 2.75) is 13.5 Å². The molecule has 4 nitrogen and oxygen atoms in total. The van der Waals surface area contributed by atoms with Gasteiger partial charge in [-0.2, -0.15) is 5.26 Å². The number of hydrogen-bond donors (Lipinski definition) is 1. The third kappa shape index (κ3) is 2.92. The van der Waals surface area contributed by atoms with Crippen molar-refractivity contribution in [2.24, 2.45) is 0 Å². The molecule has 0 spiro atoms. The molecule has 0 saturated heterocycles. The Kier molecular flexibility index (Phi) is 3.83. The van der Waals surface area contributed by atoms with E-state index in [1.165, 1.54) is 11.3 Å². The number of hydrogen-bond acceptors (Lipinski definition) is 5. The SMILES string of the molecule is Cc1cc(C#N)ccc1COC(=O)c1sccc1N. The molecule has 19 heavy (non-hydrogen) atoms. The fraction of sp³-hybridized carbons (Fsp3) is 0.143. The van der Waals surface area contributed by atoms with Gasteiger partial charge in [0, 0.05) is 0 Å². The van der Waals surface area contributed by atoms with Crippen molar-refractivity contribution in [3.63, 3.8) is 0 Å². The second-order valence-electron chi connectivity index (χ2n) is 4.03. The predicted octanol–water partition coefficient (Wildman–Crippen LogP) is 2.87. The molecule has 2 aromatic rings. The fourth-order valence-corrected chi connectivity index (χ4v) is 2.33. The molecule has 2 rings (SSSR count). The van der Waals surface area contributed by atoms with Gasteiger partial charge in [-0.25, -0.2) is 4.79 Å². The zero-order chi connectivity index (χ0) is 13.8. The van der Waals surface area contributed by atoms with E-state index in [2.05, 4.69) is 6.07 Å². The maximum absolute atomic E-state index is 11.8. The number of aryl methyl sites for hydroxylation is 1. The van der Waals surface area contributed by atoms with Crippen LogP contribution in [-0.2, 0) is 11.3 Å². The van der Waals surface area contributed by atoms with Crippen LogP contribution in [0, 0.1) is 18.3 Å². The summed E-state index contributed by atoms with van der Waals surface area (Å²) in [6.07, 6.45) is 0. The monoisotopic (exact) mass is 272 g/mol. The Labute approximate surface area is 115 Å². The molecule has 2 N–H and O–H groups in total. The van der Waals surface area contributed by atoms with Crippen molar-refractivity contribution in [1.82, 2.24) is 0 Å². The minimum Gasteiger partial charge on any atom is -0.457 e. The molecule has 0 aliphatic rings. The van der Waals surface area contributed by atoms with Gasteiger partial charge >= 0.3 is 5.97 Å². The van der Waals surface area contributed by atoms with Crippen molar-refractivity contribution in [2.75, 3.05) is 5.73 Å². The largest absolute Gasteiger partial charge is 0.457 e. The number of rotatable bonds is 3. The molecule has 0 aliphatic heterocycles. The molecule has 0 bridgehead atoms. The van der Waals surface area contributed by atoms with Gasteiger partial charge in [-0.05, 0) is 41.6 Å². The van der Waals surface area contributed by atoms with Crippen LogP contribution >= 0.6 is 11.3 Å². The van der Waals surface area contributed by atoms with Crippen molar-refractivity contribution < 1.29 is 9.53 Å². The van der Waals surface area contributed by atoms with E-state index in [0.717, 1.165) is 11.1 Å². The van der Waals surface area contributed by atoms with E-state index in [1.807, 2.05) is 6.92 Å². The number of nitriles is 1. The number of esters is 1. The van der Waals surface area contributed by atoms with Crippen LogP contribution in [0.5, 0.6) is 0 Å². The van der Waals surface area contributed by atoms with Gasteiger partial charge in [0.15, 0.2) is 0 Å². The van der Waals surface area contributed by atoms with Gasteiger partial charge in [-0.3, -0.25) is 0 Å². The van der Waals surface area contributed by atoms with Gasteiger partial charge in [-0.15, -0.1) is 11.3 Å². The third-order valence-electron chi connectivity index (χ3n) is 2.71. The summed E-state index contributed by atoms with van der Waals surface area (Å²) in [5.41, 5.74) is 8.48. The van der Waals surface area contributed by atoms with E-state index < -0.39 is 5.97 Å². The van der Waals surface area contributed by atoms with Gasteiger partial charge in [0.1, 0.15) is 11.5 Å². The Morgan fingerprint density at radius 1 is 1.47 bits per heavy atom. The summed E-state index contributed by atoms with van der Waals surface area (Å²) in [7, 11) is 0. The van der Waals surface area contributed by atoms with Crippen LogP contribution in [0.15, 0.2) is 29.6 Å². The van der Waals surface area contributed by atoms with E-state index >= 15 is 0 Å². The highest BCUT2D eigenvalue weighted by molar-refractivity contribution is 7.12. The number of nitrogen functional groups attached to an aromatic ring is 1. The number of anilines is 1. The van der Waals surface area contributed by atoms with Gasteiger partial charge in [0.2, 0.25) is 0 Å². The number of ether oxygens (including phenoxy) is 1. The highest BCUT2D eigenvalue weighted by Gasteiger charge is 2.13. The first-order valence-electron chi connectivity index (χ1n) is 5.61. The molecule has 0 saturated carbocycles. The van der Waals surface area contributed by atoms with E-state index in [0.29, 0.717) is 16.1 Å². The zero-order valence-corrected chi connectivity index (χ0v) is 11.2.